The molecule has 0 N–H and O–H groups in total. The van der Waals surface area contributed by atoms with Crippen LogP contribution in [0, 0.1) is 0 Å². The molecule has 10 aromatic carbocycles. The SMILES string of the molecule is c1ccc2cc(-c3c4ccccc4c(-c4ccc5c(c4)c4ccccc4c4c5ccc5c6ccccc6oc54)c4ccccc34)ccc2c1. The average Bonchev–Trinajstić information content (AvgIpc) is 3.55. The summed E-state index contributed by atoms with van der Waals surface area (Å²) in [6.07, 6.45) is 0. The van der Waals surface area contributed by atoms with Crippen LogP contribution >= 0.6 is 0 Å². The lowest BCUT2D eigenvalue weighted by Gasteiger charge is -2.19. The summed E-state index contributed by atoms with van der Waals surface area (Å²) >= 11 is 0. The molecule has 0 unspecified atom stereocenters. The third-order valence-electron chi connectivity index (χ3n) is 10.6. The maximum Gasteiger partial charge on any atom is 0.143 e. The first kappa shape index (κ1) is 26.6. The first-order valence-corrected chi connectivity index (χ1v) is 16.9. The van der Waals surface area contributed by atoms with E-state index >= 15 is 0 Å². The Morgan fingerprint density at radius 1 is 0.286 bits per heavy atom. The molecule has 0 saturated heterocycles. The zero-order valence-electron chi connectivity index (χ0n) is 26.6. The lowest BCUT2D eigenvalue weighted by atomic mass is 9.84. The molecule has 0 amide bonds. The second-order valence-electron chi connectivity index (χ2n) is 13.2. The maximum absolute atomic E-state index is 6.58. The maximum atomic E-state index is 6.58. The van der Waals surface area contributed by atoms with Crippen molar-refractivity contribution in [2.24, 2.45) is 0 Å². The van der Waals surface area contributed by atoms with Crippen molar-refractivity contribution < 1.29 is 4.42 Å². The summed E-state index contributed by atoms with van der Waals surface area (Å²) in [5.74, 6) is 0. The highest BCUT2D eigenvalue weighted by Gasteiger charge is 2.19. The van der Waals surface area contributed by atoms with E-state index in [0.29, 0.717) is 0 Å². The molecule has 226 valence electrons. The zero-order valence-corrected chi connectivity index (χ0v) is 26.6. The summed E-state index contributed by atoms with van der Waals surface area (Å²) in [4.78, 5) is 0. The molecule has 0 saturated carbocycles. The highest BCUT2D eigenvalue weighted by Crippen LogP contribution is 2.47. The van der Waals surface area contributed by atoms with Crippen LogP contribution in [0.4, 0.5) is 0 Å². The summed E-state index contributed by atoms with van der Waals surface area (Å²) in [6.45, 7) is 0. The normalized spacial score (nSPS) is 12.1. The summed E-state index contributed by atoms with van der Waals surface area (Å²) in [6, 6.07) is 62.1. The van der Waals surface area contributed by atoms with Crippen LogP contribution in [0.1, 0.15) is 0 Å². The Kier molecular flexibility index (Phi) is 5.45. The Labute approximate surface area is 282 Å². The molecule has 0 atom stereocenters. The van der Waals surface area contributed by atoms with Crippen LogP contribution in [0.2, 0.25) is 0 Å². The Morgan fingerprint density at radius 3 is 1.47 bits per heavy atom. The van der Waals surface area contributed by atoms with E-state index in [1.165, 1.54) is 86.9 Å². The molecule has 0 aliphatic carbocycles. The van der Waals surface area contributed by atoms with Crippen LogP contribution < -0.4 is 0 Å². The van der Waals surface area contributed by atoms with Crippen LogP contribution in [0.25, 0.3) is 109 Å². The average molecular weight is 621 g/mol. The smallest absolute Gasteiger partial charge is 0.143 e. The largest absolute Gasteiger partial charge is 0.455 e. The van der Waals surface area contributed by atoms with E-state index in [2.05, 4.69) is 164 Å². The second-order valence-corrected chi connectivity index (χ2v) is 13.2. The molecule has 49 heavy (non-hydrogen) atoms. The molecule has 1 heterocycles. The van der Waals surface area contributed by atoms with Gasteiger partial charge in [0.15, 0.2) is 0 Å². The predicted octanol–water partition coefficient (Wildman–Crippen LogP) is 13.8. The number of hydrogen-bond donors (Lipinski definition) is 0. The van der Waals surface area contributed by atoms with Gasteiger partial charge >= 0.3 is 0 Å². The molecular formula is C48H28O. The second kappa shape index (κ2) is 10.0. The lowest BCUT2D eigenvalue weighted by molar-refractivity contribution is 0.673. The Bertz CT molecular complexity index is 3080. The van der Waals surface area contributed by atoms with Crippen molar-refractivity contribution in [3.8, 4) is 22.3 Å². The molecule has 0 aliphatic heterocycles. The van der Waals surface area contributed by atoms with Crippen LogP contribution in [0.5, 0.6) is 0 Å². The summed E-state index contributed by atoms with van der Waals surface area (Å²) < 4.78 is 6.58. The number of furan rings is 1. The third-order valence-corrected chi connectivity index (χ3v) is 10.6. The topological polar surface area (TPSA) is 13.1 Å². The third kappa shape index (κ3) is 3.76. The standard InChI is InChI=1S/C48H28O/c1-2-12-30-27-31(22-21-29(30)11-1)45-37-16-5-7-18-39(37)46(40-19-8-6-17-38(40)45)32-23-24-34-41-25-26-42-35-14-9-10-20-44(35)49-48(42)47(41)36-15-4-3-13-33(36)43(34)28-32/h1-28H. The van der Waals surface area contributed by atoms with Gasteiger partial charge in [-0.15, -0.1) is 0 Å². The first-order valence-electron chi connectivity index (χ1n) is 16.9. The first-order chi connectivity index (χ1) is 24.3. The van der Waals surface area contributed by atoms with Crippen LogP contribution in [0.15, 0.2) is 174 Å². The van der Waals surface area contributed by atoms with Gasteiger partial charge in [0.1, 0.15) is 11.2 Å². The minimum absolute atomic E-state index is 0.926. The quantitative estimate of drug-likeness (QED) is 0.138. The fourth-order valence-corrected chi connectivity index (χ4v) is 8.47. The minimum atomic E-state index is 0.926. The van der Waals surface area contributed by atoms with Crippen molar-refractivity contribution in [2.45, 2.75) is 0 Å². The number of rotatable bonds is 2. The Morgan fingerprint density at radius 2 is 0.755 bits per heavy atom. The number of fused-ring (bicyclic) bond motifs is 13. The zero-order chi connectivity index (χ0) is 32.1. The van der Waals surface area contributed by atoms with Gasteiger partial charge in [0, 0.05) is 16.2 Å². The van der Waals surface area contributed by atoms with Crippen molar-refractivity contribution >= 4 is 86.6 Å². The van der Waals surface area contributed by atoms with Gasteiger partial charge in [0.05, 0.1) is 0 Å². The highest BCUT2D eigenvalue weighted by molar-refractivity contribution is 6.33. The van der Waals surface area contributed by atoms with E-state index in [-0.39, 0.29) is 0 Å². The van der Waals surface area contributed by atoms with E-state index in [1.807, 2.05) is 6.07 Å². The number of para-hydroxylation sites is 1. The molecule has 0 fully saturated rings. The highest BCUT2D eigenvalue weighted by atomic mass is 16.3. The molecule has 1 nitrogen and oxygen atoms in total. The van der Waals surface area contributed by atoms with Crippen molar-refractivity contribution in [1.29, 1.82) is 0 Å². The van der Waals surface area contributed by atoms with E-state index in [0.717, 1.165) is 21.9 Å². The van der Waals surface area contributed by atoms with E-state index in [9.17, 15) is 0 Å². The number of hydrogen-bond acceptors (Lipinski definition) is 1. The molecule has 11 rings (SSSR count). The monoisotopic (exact) mass is 620 g/mol. The molecule has 0 spiro atoms. The van der Waals surface area contributed by atoms with E-state index in [4.69, 9.17) is 4.42 Å². The van der Waals surface area contributed by atoms with Gasteiger partial charge in [-0.1, -0.05) is 146 Å². The molecule has 1 heteroatoms. The van der Waals surface area contributed by atoms with Gasteiger partial charge in [-0.05, 0) is 106 Å². The summed E-state index contributed by atoms with van der Waals surface area (Å²) in [5.41, 5.74) is 6.91. The van der Waals surface area contributed by atoms with Crippen molar-refractivity contribution in [1.82, 2.24) is 0 Å². The van der Waals surface area contributed by atoms with Gasteiger partial charge in [-0.25, -0.2) is 0 Å². The molecule has 0 radical (unpaired) electrons. The fraction of sp³-hybridized carbons (Fsp3) is 0. The molecule has 0 bridgehead atoms. The van der Waals surface area contributed by atoms with Crippen LogP contribution in [-0.4, -0.2) is 0 Å². The molecule has 1 aromatic heterocycles. The van der Waals surface area contributed by atoms with Gasteiger partial charge < -0.3 is 4.42 Å². The van der Waals surface area contributed by atoms with Crippen LogP contribution in [0.3, 0.4) is 0 Å². The minimum Gasteiger partial charge on any atom is -0.455 e. The fourth-order valence-electron chi connectivity index (χ4n) is 8.47. The van der Waals surface area contributed by atoms with E-state index < -0.39 is 0 Å². The van der Waals surface area contributed by atoms with Gasteiger partial charge in [-0.3, -0.25) is 0 Å². The predicted molar refractivity (Wildman–Crippen MR) is 210 cm³/mol. The van der Waals surface area contributed by atoms with Crippen molar-refractivity contribution in [3.05, 3.63) is 170 Å². The van der Waals surface area contributed by atoms with Crippen molar-refractivity contribution in [3.63, 3.8) is 0 Å². The summed E-state index contributed by atoms with van der Waals surface area (Å²) in [5, 5.41) is 17.2. The van der Waals surface area contributed by atoms with Gasteiger partial charge in [0.25, 0.3) is 0 Å². The molecule has 0 aliphatic rings. The molecule has 11 aromatic rings. The van der Waals surface area contributed by atoms with Crippen LogP contribution in [-0.2, 0) is 0 Å². The summed E-state index contributed by atoms with van der Waals surface area (Å²) in [7, 11) is 0. The Hall–Kier alpha value is -6.44. The molecular weight excluding hydrogens is 593 g/mol. The lowest BCUT2D eigenvalue weighted by Crippen LogP contribution is -1.91. The number of benzene rings is 10. The van der Waals surface area contributed by atoms with Crippen molar-refractivity contribution in [2.75, 3.05) is 0 Å². The van der Waals surface area contributed by atoms with E-state index in [1.54, 1.807) is 0 Å². The Balaban J connectivity index is 1.23. The van der Waals surface area contributed by atoms with Gasteiger partial charge in [-0.2, -0.15) is 0 Å². The van der Waals surface area contributed by atoms with Gasteiger partial charge in [0.2, 0.25) is 0 Å².